The molecule has 0 amide bonds. The molecule has 0 spiro atoms. The van der Waals surface area contributed by atoms with Gasteiger partial charge in [0.2, 0.25) is 0 Å². The first-order valence-corrected chi connectivity index (χ1v) is 3.74. The minimum absolute atomic E-state index is 0.718. The van der Waals surface area contributed by atoms with Crippen molar-refractivity contribution in [2.75, 3.05) is 6.54 Å². The van der Waals surface area contributed by atoms with Crippen LogP contribution >= 0.6 is 0 Å². The molecule has 0 aromatic rings. The van der Waals surface area contributed by atoms with Crippen LogP contribution in [0.5, 0.6) is 0 Å². The van der Waals surface area contributed by atoms with Crippen molar-refractivity contribution in [1.82, 2.24) is 5.32 Å². The normalized spacial score (nSPS) is 33.6. The molecule has 0 saturated heterocycles. The monoisotopic (exact) mass is 125 g/mol. The van der Waals surface area contributed by atoms with E-state index in [-0.39, 0.29) is 0 Å². The van der Waals surface area contributed by atoms with Gasteiger partial charge in [-0.15, -0.1) is 0 Å². The van der Waals surface area contributed by atoms with Crippen molar-refractivity contribution >= 4 is 0 Å². The summed E-state index contributed by atoms with van der Waals surface area (Å²) in [5.74, 6) is 0.741. The maximum atomic E-state index is 3.43. The molecular formula is C8H15N. The average Bonchev–Trinajstić information content (AvgIpc) is 2.18. The van der Waals surface area contributed by atoms with Gasteiger partial charge in [0, 0.05) is 6.04 Å². The molecule has 52 valence electrons. The van der Waals surface area contributed by atoms with E-state index in [0.29, 0.717) is 0 Å². The van der Waals surface area contributed by atoms with Gasteiger partial charge in [-0.25, -0.2) is 0 Å². The standard InChI is InChI=1S/C8H15N/c1-3-9-8-6-4-5-7(8)2/h4-5,7-9H,3,6H2,1-2H3. The molecule has 1 N–H and O–H groups in total. The van der Waals surface area contributed by atoms with Crippen molar-refractivity contribution in [2.24, 2.45) is 5.92 Å². The lowest BCUT2D eigenvalue weighted by Gasteiger charge is -2.14. The van der Waals surface area contributed by atoms with Crippen molar-refractivity contribution in [3.05, 3.63) is 12.2 Å². The van der Waals surface area contributed by atoms with Crippen LogP contribution < -0.4 is 5.32 Å². The van der Waals surface area contributed by atoms with Crippen LogP contribution in [0.4, 0.5) is 0 Å². The molecule has 1 heteroatoms. The molecule has 1 aliphatic rings. The summed E-state index contributed by atoms with van der Waals surface area (Å²) in [6, 6.07) is 0.718. The number of nitrogens with one attached hydrogen (secondary N) is 1. The van der Waals surface area contributed by atoms with Gasteiger partial charge in [-0.2, -0.15) is 0 Å². The Labute approximate surface area is 57.1 Å². The first kappa shape index (κ1) is 6.81. The van der Waals surface area contributed by atoms with Gasteiger partial charge in [0.15, 0.2) is 0 Å². The fraction of sp³-hybridized carbons (Fsp3) is 0.750. The van der Waals surface area contributed by atoms with Crippen molar-refractivity contribution in [2.45, 2.75) is 26.3 Å². The van der Waals surface area contributed by atoms with E-state index in [0.717, 1.165) is 18.5 Å². The molecule has 0 bridgehead atoms. The minimum Gasteiger partial charge on any atom is -0.313 e. The highest BCUT2D eigenvalue weighted by Crippen LogP contribution is 2.16. The number of rotatable bonds is 2. The zero-order valence-corrected chi connectivity index (χ0v) is 6.22. The highest BCUT2D eigenvalue weighted by Gasteiger charge is 2.15. The number of hydrogen-bond donors (Lipinski definition) is 1. The second-order valence-corrected chi connectivity index (χ2v) is 2.69. The van der Waals surface area contributed by atoms with Crippen LogP contribution in [0.1, 0.15) is 20.3 Å². The van der Waals surface area contributed by atoms with Gasteiger partial charge in [-0.1, -0.05) is 26.0 Å². The fourth-order valence-corrected chi connectivity index (χ4v) is 1.32. The molecular weight excluding hydrogens is 110 g/mol. The molecule has 0 aliphatic heterocycles. The first-order valence-electron chi connectivity index (χ1n) is 3.74. The van der Waals surface area contributed by atoms with Gasteiger partial charge in [0.05, 0.1) is 0 Å². The zero-order valence-electron chi connectivity index (χ0n) is 6.22. The third-order valence-electron chi connectivity index (χ3n) is 1.93. The Morgan fingerprint density at radius 3 is 2.89 bits per heavy atom. The van der Waals surface area contributed by atoms with E-state index in [1.165, 1.54) is 6.42 Å². The van der Waals surface area contributed by atoms with Crippen LogP contribution in [0.3, 0.4) is 0 Å². The van der Waals surface area contributed by atoms with E-state index >= 15 is 0 Å². The smallest absolute Gasteiger partial charge is 0.0162 e. The predicted octanol–water partition coefficient (Wildman–Crippen LogP) is 1.56. The summed E-state index contributed by atoms with van der Waals surface area (Å²) < 4.78 is 0. The third-order valence-corrected chi connectivity index (χ3v) is 1.93. The highest BCUT2D eigenvalue weighted by atomic mass is 14.9. The van der Waals surface area contributed by atoms with Gasteiger partial charge in [-0.3, -0.25) is 0 Å². The van der Waals surface area contributed by atoms with Gasteiger partial charge in [-0.05, 0) is 18.9 Å². The van der Waals surface area contributed by atoms with Crippen molar-refractivity contribution in [3.8, 4) is 0 Å². The van der Waals surface area contributed by atoms with Gasteiger partial charge >= 0.3 is 0 Å². The van der Waals surface area contributed by atoms with Crippen molar-refractivity contribution in [3.63, 3.8) is 0 Å². The molecule has 9 heavy (non-hydrogen) atoms. The van der Waals surface area contributed by atoms with Gasteiger partial charge in [0.25, 0.3) is 0 Å². The zero-order chi connectivity index (χ0) is 6.69. The van der Waals surface area contributed by atoms with E-state index < -0.39 is 0 Å². The van der Waals surface area contributed by atoms with Gasteiger partial charge in [0.1, 0.15) is 0 Å². The van der Waals surface area contributed by atoms with Crippen LogP contribution in [0, 0.1) is 5.92 Å². The largest absolute Gasteiger partial charge is 0.313 e. The van der Waals surface area contributed by atoms with Crippen LogP contribution in [0.2, 0.25) is 0 Å². The Bertz CT molecular complexity index is 107. The van der Waals surface area contributed by atoms with Crippen molar-refractivity contribution in [1.29, 1.82) is 0 Å². The predicted molar refractivity (Wildman–Crippen MR) is 40.4 cm³/mol. The summed E-state index contributed by atoms with van der Waals surface area (Å²) in [5, 5.41) is 3.43. The Morgan fingerprint density at radius 2 is 2.44 bits per heavy atom. The van der Waals surface area contributed by atoms with E-state index in [2.05, 4.69) is 31.3 Å². The molecule has 0 aromatic carbocycles. The quantitative estimate of drug-likeness (QED) is 0.552. The Morgan fingerprint density at radius 1 is 1.67 bits per heavy atom. The molecule has 1 aliphatic carbocycles. The molecule has 0 aromatic heterocycles. The molecule has 1 nitrogen and oxygen atoms in total. The maximum Gasteiger partial charge on any atom is 0.0162 e. The van der Waals surface area contributed by atoms with Crippen molar-refractivity contribution < 1.29 is 0 Å². The van der Waals surface area contributed by atoms with E-state index in [1.54, 1.807) is 0 Å². The van der Waals surface area contributed by atoms with E-state index in [9.17, 15) is 0 Å². The highest BCUT2D eigenvalue weighted by molar-refractivity contribution is 5.02. The lowest BCUT2D eigenvalue weighted by Crippen LogP contribution is -2.30. The summed E-state index contributed by atoms with van der Waals surface area (Å²) in [4.78, 5) is 0. The second-order valence-electron chi connectivity index (χ2n) is 2.69. The van der Waals surface area contributed by atoms with Crippen LogP contribution in [0.15, 0.2) is 12.2 Å². The first-order chi connectivity index (χ1) is 4.34. The Balaban J connectivity index is 2.28. The van der Waals surface area contributed by atoms with Crippen LogP contribution in [-0.4, -0.2) is 12.6 Å². The Hall–Kier alpha value is -0.300. The van der Waals surface area contributed by atoms with E-state index in [4.69, 9.17) is 0 Å². The molecule has 0 fully saturated rings. The van der Waals surface area contributed by atoms with Gasteiger partial charge < -0.3 is 5.32 Å². The lowest BCUT2D eigenvalue weighted by molar-refractivity contribution is 0.466. The van der Waals surface area contributed by atoms with Crippen LogP contribution in [-0.2, 0) is 0 Å². The molecule has 0 saturated carbocycles. The fourth-order valence-electron chi connectivity index (χ4n) is 1.32. The average molecular weight is 125 g/mol. The molecule has 2 unspecified atom stereocenters. The molecule has 2 atom stereocenters. The molecule has 0 heterocycles. The summed E-state index contributed by atoms with van der Waals surface area (Å²) in [5.41, 5.74) is 0. The van der Waals surface area contributed by atoms with Crippen LogP contribution in [0.25, 0.3) is 0 Å². The lowest BCUT2D eigenvalue weighted by atomic mass is 10.1. The topological polar surface area (TPSA) is 12.0 Å². The van der Waals surface area contributed by atoms with E-state index in [1.807, 2.05) is 0 Å². The minimum atomic E-state index is 0.718. The molecule has 0 radical (unpaired) electrons. The summed E-state index contributed by atoms with van der Waals surface area (Å²) in [6.07, 6.45) is 5.76. The SMILES string of the molecule is CCNC1CC=CC1C. The summed E-state index contributed by atoms with van der Waals surface area (Å²) in [6.45, 7) is 5.51. The maximum absolute atomic E-state index is 3.43. The third kappa shape index (κ3) is 1.55. The summed E-state index contributed by atoms with van der Waals surface area (Å²) >= 11 is 0. The summed E-state index contributed by atoms with van der Waals surface area (Å²) in [7, 11) is 0. The Kier molecular flexibility index (Phi) is 2.29. The number of hydrogen-bond acceptors (Lipinski definition) is 1. The second kappa shape index (κ2) is 3.02. The molecule has 1 rings (SSSR count).